The highest BCUT2D eigenvalue weighted by molar-refractivity contribution is 6.42. The minimum Gasteiger partial charge on any atom is -0.507 e. The number of phenols is 1. The van der Waals surface area contributed by atoms with Gasteiger partial charge in [0.05, 0.1) is 0 Å². The van der Waals surface area contributed by atoms with Crippen LogP contribution in [0.5, 0.6) is 5.75 Å². The van der Waals surface area contributed by atoms with Crippen molar-refractivity contribution >= 4 is 22.7 Å². The molecule has 3 aromatic heterocycles. The molecule has 1 amide bonds. The van der Waals surface area contributed by atoms with Gasteiger partial charge in [-0.25, -0.2) is 4.98 Å². The summed E-state index contributed by atoms with van der Waals surface area (Å²) in [6.45, 7) is 0. The Balaban J connectivity index is 1.79. The number of aromatic hydroxyl groups is 1. The van der Waals surface area contributed by atoms with Gasteiger partial charge in [-0.1, -0.05) is 18.2 Å². The molecule has 4 aromatic rings. The van der Waals surface area contributed by atoms with Gasteiger partial charge in [0.1, 0.15) is 11.4 Å². The van der Waals surface area contributed by atoms with Crippen molar-refractivity contribution in [3.63, 3.8) is 0 Å². The van der Waals surface area contributed by atoms with Gasteiger partial charge in [0, 0.05) is 72.1 Å². The number of likely N-dealkylation sites (N-methyl/N-ethyl adjacent to an activating group) is 1. The van der Waals surface area contributed by atoms with Crippen LogP contribution in [0.4, 0.5) is 0 Å². The Morgan fingerprint density at radius 1 is 1.00 bits per heavy atom. The molecule has 4 rings (SSSR count). The van der Waals surface area contributed by atoms with E-state index < -0.39 is 11.7 Å². The van der Waals surface area contributed by atoms with Crippen molar-refractivity contribution in [1.29, 1.82) is 0 Å². The number of aromatic nitrogens is 3. The van der Waals surface area contributed by atoms with Gasteiger partial charge < -0.3 is 15.0 Å². The first-order chi connectivity index (χ1) is 14.0. The SMILES string of the molecule is CN(C)C(=O)C(=O)c1cncc(-c2cnc3[nH]cc(-c4ccccc4O)c3c2)c1. The molecule has 0 aliphatic carbocycles. The Morgan fingerprint density at radius 3 is 2.52 bits per heavy atom. The molecule has 7 nitrogen and oxygen atoms in total. The van der Waals surface area contributed by atoms with Crippen LogP contribution in [0.3, 0.4) is 0 Å². The number of rotatable bonds is 4. The van der Waals surface area contributed by atoms with Crippen LogP contribution >= 0.6 is 0 Å². The smallest absolute Gasteiger partial charge is 0.294 e. The highest BCUT2D eigenvalue weighted by Crippen LogP contribution is 2.35. The van der Waals surface area contributed by atoms with Crippen LogP contribution in [0.25, 0.3) is 33.3 Å². The first kappa shape index (κ1) is 18.4. The summed E-state index contributed by atoms with van der Waals surface area (Å²) in [7, 11) is 3.06. The number of carbonyl (C=O) groups is 2. The first-order valence-corrected chi connectivity index (χ1v) is 8.92. The number of ketones is 1. The summed E-state index contributed by atoms with van der Waals surface area (Å²) in [4.78, 5) is 37.2. The maximum absolute atomic E-state index is 12.3. The number of phenolic OH excluding ortho intramolecular Hbond substituents is 1. The number of para-hydroxylation sites is 1. The molecule has 0 unspecified atom stereocenters. The summed E-state index contributed by atoms with van der Waals surface area (Å²) in [6, 6.07) is 10.6. The van der Waals surface area contributed by atoms with Crippen LogP contribution in [0.2, 0.25) is 0 Å². The number of Topliss-reactive ketones (excluding diaryl/α,β-unsaturated/α-hetero) is 1. The zero-order valence-corrected chi connectivity index (χ0v) is 15.9. The molecule has 0 saturated heterocycles. The summed E-state index contributed by atoms with van der Waals surface area (Å²) in [5, 5.41) is 11.0. The molecule has 7 heteroatoms. The number of aromatic amines is 1. The molecule has 0 radical (unpaired) electrons. The van der Waals surface area contributed by atoms with E-state index in [0.29, 0.717) is 16.8 Å². The Kier molecular flexibility index (Phi) is 4.56. The van der Waals surface area contributed by atoms with Gasteiger partial charge in [-0.3, -0.25) is 14.6 Å². The summed E-state index contributed by atoms with van der Waals surface area (Å²) < 4.78 is 0. The molecule has 144 valence electrons. The zero-order chi connectivity index (χ0) is 20.5. The van der Waals surface area contributed by atoms with E-state index in [1.807, 2.05) is 18.2 Å². The lowest BCUT2D eigenvalue weighted by Crippen LogP contribution is -2.29. The first-order valence-electron chi connectivity index (χ1n) is 8.92. The number of nitrogens with zero attached hydrogens (tertiary/aromatic N) is 3. The third-order valence-electron chi connectivity index (χ3n) is 4.66. The van der Waals surface area contributed by atoms with Gasteiger partial charge in [-0.2, -0.15) is 0 Å². The molecule has 1 aromatic carbocycles. The Hall–Kier alpha value is -4.00. The van der Waals surface area contributed by atoms with Gasteiger partial charge in [0.15, 0.2) is 0 Å². The highest BCUT2D eigenvalue weighted by atomic mass is 16.3. The quantitative estimate of drug-likeness (QED) is 0.414. The molecule has 0 saturated carbocycles. The Morgan fingerprint density at radius 2 is 1.76 bits per heavy atom. The fourth-order valence-electron chi connectivity index (χ4n) is 3.13. The summed E-state index contributed by atoms with van der Waals surface area (Å²) in [5.74, 6) is -1.05. The fourth-order valence-corrected chi connectivity index (χ4v) is 3.13. The lowest BCUT2D eigenvalue weighted by molar-refractivity contribution is -0.124. The average Bonchev–Trinajstić information content (AvgIpc) is 3.16. The minimum atomic E-state index is -0.616. The van der Waals surface area contributed by atoms with Crippen LogP contribution in [-0.4, -0.2) is 50.7 Å². The van der Waals surface area contributed by atoms with Gasteiger partial charge >= 0.3 is 0 Å². The van der Waals surface area contributed by atoms with Crippen LogP contribution < -0.4 is 0 Å². The van der Waals surface area contributed by atoms with Crippen molar-refractivity contribution in [1.82, 2.24) is 19.9 Å². The van der Waals surface area contributed by atoms with Crippen molar-refractivity contribution < 1.29 is 14.7 Å². The third-order valence-corrected chi connectivity index (χ3v) is 4.66. The lowest BCUT2D eigenvalue weighted by Gasteiger charge is -2.09. The zero-order valence-electron chi connectivity index (χ0n) is 15.9. The van der Waals surface area contributed by atoms with Crippen molar-refractivity contribution in [2.24, 2.45) is 0 Å². The van der Waals surface area contributed by atoms with Gasteiger partial charge in [0.25, 0.3) is 11.7 Å². The minimum absolute atomic E-state index is 0.176. The maximum Gasteiger partial charge on any atom is 0.294 e. The van der Waals surface area contributed by atoms with Crippen molar-refractivity contribution in [3.8, 4) is 28.0 Å². The number of carbonyl (C=O) groups excluding carboxylic acids is 2. The molecule has 3 heterocycles. The van der Waals surface area contributed by atoms with Crippen LogP contribution in [0.1, 0.15) is 10.4 Å². The van der Waals surface area contributed by atoms with E-state index in [4.69, 9.17) is 0 Å². The molecule has 0 aliphatic heterocycles. The number of nitrogens with one attached hydrogen (secondary N) is 1. The number of benzene rings is 1. The van der Waals surface area contributed by atoms with E-state index in [0.717, 1.165) is 16.5 Å². The summed E-state index contributed by atoms with van der Waals surface area (Å²) in [6.07, 6.45) is 6.46. The summed E-state index contributed by atoms with van der Waals surface area (Å²) in [5.41, 5.74) is 3.81. The average molecular weight is 386 g/mol. The molecular weight excluding hydrogens is 368 g/mol. The standard InChI is InChI=1S/C22H18N4O3/c1-26(2)22(29)20(28)15-7-13(9-23-10-15)14-8-17-18(12-25-21(17)24-11-14)16-5-3-4-6-19(16)27/h3-12,27H,1-2H3,(H,24,25). The molecule has 2 N–H and O–H groups in total. The lowest BCUT2D eigenvalue weighted by atomic mass is 10.0. The third kappa shape index (κ3) is 3.34. The molecule has 0 bridgehead atoms. The highest BCUT2D eigenvalue weighted by Gasteiger charge is 2.19. The molecule has 0 aliphatic rings. The van der Waals surface area contributed by atoms with E-state index in [1.54, 1.807) is 36.8 Å². The van der Waals surface area contributed by atoms with E-state index in [2.05, 4.69) is 15.0 Å². The Bertz CT molecular complexity index is 1240. The maximum atomic E-state index is 12.3. The van der Waals surface area contributed by atoms with Gasteiger partial charge in [-0.05, 0) is 18.2 Å². The largest absolute Gasteiger partial charge is 0.507 e. The summed E-state index contributed by atoms with van der Waals surface area (Å²) >= 11 is 0. The van der Waals surface area contributed by atoms with Crippen molar-refractivity contribution in [2.45, 2.75) is 0 Å². The van der Waals surface area contributed by atoms with Crippen LogP contribution in [0, 0.1) is 0 Å². The molecule has 0 spiro atoms. The number of amides is 1. The fraction of sp³-hybridized carbons (Fsp3) is 0.0909. The molecule has 0 atom stereocenters. The normalized spacial score (nSPS) is 10.8. The van der Waals surface area contributed by atoms with Gasteiger partial charge in [0.2, 0.25) is 0 Å². The topological polar surface area (TPSA) is 99.2 Å². The number of hydrogen-bond donors (Lipinski definition) is 2. The number of H-pyrrole nitrogens is 1. The number of fused-ring (bicyclic) bond motifs is 1. The van der Waals surface area contributed by atoms with Crippen molar-refractivity contribution in [2.75, 3.05) is 14.1 Å². The van der Waals surface area contributed by atoms with Gasteiger partial charge in [-0.15, -0.1) is 0 Å². The van der Waals surface area contributed by atoms with Crippen LogP contribution in [-0.2, 0) is 4.79 Å². The van der Waals surface area contributed by atoms with Crippen LogP contribution in [0.15, 0.2) is 61.2 Å². The second-order valence-corrected chi connectivity index (χ2v) is 6.83. The predicted molar refractivity (Wildman–Crippen MR) is 109 cm³/mol. The van der Waals surface area contributed by atoms with E-state index >= 15 is 0 Å². The predicted octanol–water partition coefficient (Wildman–Crippen LogP) is 3.27. The van der Waals surface area contributed by atoms with Crippen molar-refractivity contribution in [3.05, 3.63) is 66.7 Å². The molecular formula is C22H18N4O3. The second kappa shape index (κ2) is 7.20. The van der Waals surface area contributed by atoms with E-state index in [9.17, 15) is 14.7 Å². The van der Waals surface area contributed by atoms with E-state index in [-0.39, 0.29) is 11.3 Å². The monoisotopic (exact) mass is 386 g/mol. The Labute approximate surface area is 166 Å². The second-order valence-electron chi connectivity index (χ2n) is 6.83. The molecule has 0 fully saturated rings. The number of hydrogen-bond acceptors (Lipinski definition) is 5. The molecule has 29 heavy (non-hydrogen) atoms. The van der Waals surface area contributed by atoms with E-state index in [1.165, 1.54) is 25.2 Å². The number of pyridine rings is 2.